The minimum atomic E-state index is -1.24. The maximum Gasteiger partial charge on any atom is 0.410 e. The van der Waals surface area contributed by atoms with Crippen molar-refractivity contribution in [1.82, 2.24) is 31.1 Å². The number of likely N-dealkylation sites (tertiary alicyclic amines) is 1. The first-order chi connectivity index (χ1) is 29.0. The molecule has 2 aliphatic heterocycles. The molecule has 0 bridgehead atoms. The van der Waals surface area contributed by atoms with E-state index in [1.807, 2.05) is 54.6 Å². The molecule has 0 radical (unpaired) electrons. The molecule has 5 N–H and O–H groups in total. The van der Waals surface area contributed by atoms with Gasteiger partial charge in [0.2, 0.25) is 29.4 Å². The Hall–Kier alpha value is -5.80. The number of hydrogen-bond acceptors (Lipinski definition) is 9. The lowest BCUT2D eigenvalue weighted by molar-refractivity contribution is -0.144. The summed E-state index contributed by atoms with van der Waals surface area (Å²) in [5.74, 6) is -6.00. The van der Waals surface area contributed by atoms with Crippen LogP contribution in [0, 0.1) is 11.8 Å². The summed E-state index contributed by atoms with van der Waals surface area (Å²) < 4.78 is 5.95. The summed E-state index contributed by atoms with van der Waals surface area (Å²) in [7, 11) is 0. The number of Topliss-reactive ketones (excluding diaryl/α,β-unsaturated/α-hetero) is 1. The SMILES string of the molecule is CCCC(NC(=O)C1CC(OC(=O)N2CCc3ccccc3C2)CN1C(=O)[C@@H](NC(=O)[C@H](NC(=O)CCCCC(=O)O)C(C)C)C(C)C)C(=O)C(=O)N[C@@H](C)c1ccccc1. The number of carbonyl (C=O) groups excluding carboxylic acids is 7. The summed E-state index contributed by atoms with van der Waals surface area (Å²) in [5, 5.41) is 19.8. The fraction of sp³-hybridized carbons (Fsp3) is 0.556. The number of nitrogens with zero attached hydrogens (tertiary/aromatic N) is 2. The number of rotatable bonds is 20. The first-order valence-electron chi connectivity index (χ1n) is 21.3. The maximum absolute atomic E-state index is 14.6. The van der Waals surface area contributed by atoms with Gasteiger partial charge in [0, 0.05) is 32.4 Å². The Morgan fingerprint density at radius 3 is 2.07 bits per heavy atom. The van der Waals surface area contributed by atoms with Crippen LogP contribution in [0.5, 0.6) is 0 Å². The van der Waals surface area contributed by atoms with Crippen LogP contribution in [0.2, 0.25) is 0 Å². The second kappa shape index (κ2) is 22.7. The number of amides is 6. The van der Waals surface area contributed by atoms with E-state index in [1.54, 1.807) is 46.4 Å². The maximum atomic E-state index is 14.6. The van der Waals surface area contributed by atoms with Crippen molar-refractivity contribution in [3.05, 3.63) is 71.3 Å². The third kappa shape index (κ3) is 13.6. The summed E-state index contributed by atoms with van der Waals surface area (Å²) in [4.78, 5) is 109. The fourth-order valence-corrected chi connectivity index (χ4v) is 7.60. The van der Waals surface area contributed by atoms with Crippen LogP contribution in [0.4, 0.5) is 4.79 Å². The molecule has 2 heterocycles. The Labute approximate surface area is 357 Å². The van der Waals surface area contributed by atoms with E-state index in [2.05, 4.69) is 21.3 Å². The summed E-state index contributed by atoms with van der Waals surface area (Å²) in [5.41, 5.74) is 2.91. The quantitative estimate of drug-likeness (QED) is 0.0959. The lowest BCUT2D eigenvalue weighted by Gasteiger charge is -2.32. The van der Waals surface area contributed by atoms with E-state index >= 15 is 0 Å². The number of ketones is 1. The van der Waals surface area contributed by atoms with Gasteiger partial charge in [-0.3, -0.25) is 33.6 Å². The Kier molecular flexibility index (Phi) is 17.8. The number of benzene rings is 2. The lowest BCUT2D eigenvalue weighted by Crippen LogP contribution is -2.59. The van der Waals surface area contributed by atoms with Crippen molar-refractivity contribution in [2.24, 2.45) is 11.8 Å². The molecule has 6 amide bonds. The highest BCUT2D eigenvalue weighted by molar-refractivity contribution is 6.38. The Bertz CT molecular complexity index is 1890. The van der Waals surface area contributed by atoms with E-state index in [1.165, 1.54) is 4.90 Å². The lowest BCUT2D eigenvalue weighted by atomic mass is 9.98. The number of aliphatic carboxylic acids is 1. The molecule has 332 valence electrons. The predicted molar refractivity (Wildman–Crippen MR) is 225 cm³/mol. The number of unbranched alkanes of at least 4 members (excludes halogenated alkanes) is 1. The molecule has 1 saturated heterocycles. The van der Waals surface area contributed by atoms with Crippen LogP contribution in [-0.4, -0.2) is 106 Å². The number of fused-ring (bicyclic) bond motifs is 1. The predicted octanol–water partition coefficient (Wildman–Crippen LogP) is 3.81. The van der Waals surface area contributed by atoms with Crippen LogP contribution < -0.4 is 21.3 Å². The van der Waals surface area contributed by atoms with E-state index < -0.39 is 89.6 Å². The number of hydrogen-bond donors (Lipinski definition) is 5. The minimum absolute atomic E-state index is 0.0141. The summed E-state index contributed by atoms with van der Waals surface area (Å²) in [6.07, 6.45) is 0.123. The fourth-order valence-electron chi connectivity index (χ4n) is 7.60. The molecule has 0 saturated carbocycles. The highest BCUT2D eigenvalue weighted by Gasteiger charge is 2.46. The molecule has 2 aliphatic rings. The molecule has 61 heavy (non-hydrogen) atoms. The van der Waals surface area contributed by atoms with Crippen molar-refractivity contribution >= 4 is 47.4 Å². The summed E-state index contributed by atoms with van der Waals surface area (Å²) >= 11 is 0. The monoisotopic (exact) mass is 846 g/mol. The van der Waals surface area contributed by atoms with Crippen LogP contribution in [0.3, 0.4) is 0 Å². The van der Waals surface area contributed by atoms with Crippen LogP contribution >= 0.6 is 0 Å². The Morgan fingerprint density at radius 1 is 0.787 bits per heavy atom. The first-order valence-corrected chi connectivity index (χ1v) is 21.3. The standard InChI is InChI=1S/C45H62N6O10/c1-7-15-34(40(55)43(58)46-29(6)30-16-9-8-10-17-30)47-41(56)35-24-33(61-45(60)50-23-22-31-18-11-12-19-32(31)25-50)26-51(35)44(59)39(28(4)5)49-42(57)38(27(2)3)48-36(52)20-13-14-21-37(53)54/h8-12,16-19,27-29,33-35,38-39H,7,13-15,20-26H2,1-6H3,(H,46,58)(H,47,56)(H,48,52)(H,49,57)(H,53,54)/t29-,33?,34?,35?,38+,39-/m0/s1. The zero-order chi connectivity index (χ0) is 44.8. The van der Waals surface area contributed by atoms with Crippen molar-refractivity contribution in [3.8, 4) is 0 Å². The van der Waals surface area contributed by atoms with Crippen molar-refractivity contribution in [2.75, 3.05) is 13.1 Å². The molecule has 1 fully saturated rings. The average molecular weight is 847 g/mol. The Balaban J connectivity index is 1.54. The molecule has 0 aromatic heterocycles. The van der Waals surface area contributed by atoms with Crippen molar-refractivity contribution in [3.63, 3.8) is 0 Å². The topological polar surface area (TPSA) is 221 Å². The molecule has 0 spiro atoms. The molecule has 6 atom stereocenters. The van der Waals surface area contributed by atoms with Gasteiger partial charge in [-0.1, -0.05) is 95.6 Å². The molecular formula is C45H62N6O10. The van der Waals surface area contributed by atoms with Gasteiger partial charge in [-0.2, -0.15) is 0 Å². The minimum Gasteiger partial charge on any atom is -0.481 e. The van der Waals surface area contributed by atoms with Gasteiger partial charge in [-0.15, -0.1) is 0 Å². The normalized spacial score (nSPS) is 18.0. The van der Waals surface area contributed by atoms with Crippen LogP contribution in [0.15, 0.2) is 54.6 Å². The molecule has 0 aliphatic carbocycles. The molecule has 16 heteroatoms. The molecule has 4 rings (SSSR count). The van der Waals surface area contributed by atoms with Gasteiger partial charge >= 0.3 is 12.1 Å². The smallest absolute Gasteiger partial charge is 0.410 e. The number of ether oxygens (including phenoxy) is 1. The Morgan fingerprint density at radius 2 is 1.43 bits per heavy atom. The number of nitrogens with one attached hydrogen (secondary N) is 4. The number of carboxylic acid groups (broad SMARTS) is 1. The van der Waals surface area contributed by atoms with Crippen molar-refractivity contribution in [2.45, 2.75) is 136 Å². The largest absolute Gasteiger partial charge is 0.481 e. The third-order valence-electron chi connectivity index (χ3n) is 11.1. The van der Waals surface area contributed by atoms with Crippen LogP contribution in [0.25, 0.3) is 0 Å². The molecule has 2 aromatic rings. The van der Waals surface area contributed by atoms with Gasteiger partial charge in [0.25, 0.3) is 5.91 Å². The first kappa shape index (κ1) is 47.9. The number of carboxylic acids is 1. The second-order valence-electron chi connectivity index (χ2n) is 16.6. The molecule has 2 aromatic carbocycles. The molecular weight excluding hydrogens is 785 g/mol. The van der Waals surface area contributed by atoms with E-state index in [9.17, 15) is 38.4 Å². The van der Waals surface area contributed by atoms with Gasteiger partial charge in [-0.25, -0.2) is 4.79 Å². The van der Waals surface area contributed by atoms with Gasteiger partial charge in [0.15, 0.2) is 0 Å². The van der Waals surface area contributed by atoms with Gasteiger partial charge in [0.05, 0.1) is 18.6 Å². The van der Waals surface area contributed by atoms with E-state index in [-0.39, 0.29) is 38.1 Å². The van der Waals surface area contributed by atoms with Crippen molar-refractivity contribution < 1.29 is 48.2 Å². The molecule has 16 nitrogen and oxygen atoms in total. The van der Waals surface area contributed by atoms with Gasteiger partial charge in [-0.05, 0) is 61.1 Å². The molecule has 3 unspecified atom stereocenters. The second-order valence-corrected chi connectivity index (χ2v) is 16.6. The highest BCUT2D eigenvalue weighted by atomic mass is 16.6. The summed E-state index contributed by atoms with van der Waals surface area (Å²) in [6.45, 7) is 11.0. The highest BCUT2D eigenvalue weighted by Crippen LogP contribution is 2.26. The zero-order valence-corrected chi connectivity index (χ0v) is 36.1. The van der Waals surface area contributed by atoms with Crippen molar-refractivity contribution in [1.29, 1.82) is 0 Å². The zero-order valence-electron chi connectivity index (χ0n) is 36.1. The van der Waals surface area contributed by atoms with E-state index in [4.69, 9.17) is 9.84 Å². The average Bonchev–Trinajstić information content (AvgIpc) is 3.66. The van der Waals surface area contributed by atoms with Gasteiger partial charge in [0.1, 0.15) is 24.2 Å². The van der Waals surface area contributed by atoms with Gasteiger partial charge < -0.3 is 40.9 Å². The van der Waals surface area contributed by atoms with E-state index in [0.29, 0.717) is 38.8 Å². The summed E-state index contributed by atoms with van der Waals surface area (Å²) in [6, 6.07) is 11.7. The van der Waals surface area contributed by atoms with Crippen LogP contribution in [0.1, 0.15) is 109 Å². The van der Waals surface area contributed by atoms with Crippen LogP contribution in [-0.2, 0) is 51.3 Å². The third-order valence-corrected chi connectivity index (χ3v) is 11.1. The van der Waals surface area contributed by atoms with E-state index in [0.717, 1.165) is 16.7 Å². The number of carbonyl (C=O) groups is 8.